The van der Waals surface area contributed by atoms with Gasteiger partial charge in [0.2, 0.25) is 0 Å². The summed E-state index contributed by atoms with van der Waals surface area (Å²) in [6, 6.07) is 9.31. The van der Waals surface area contributed by atoms with Crippen LogP contribution in [0.1, 0.15) is 20.3 Å². The third-order valence-corrected chi connectivity index (χ3v) is 3.41. The van der Waals surface area contributed by atoms with E-state index < -0.39 is 11.2 Å². The molecule has 2 aliphatic rings. The Bertz CT molecular complexity index is 933. The fraction of sp³-hybridized carbons (Fsp3) is 0.312. The third-order valence-electron chi connectivity index (χ3n) is 3.41. The minimum atomic E-state index is -0.765. The van der Waals surface area contributed by atoms with Crippen molar-refractivity contribution in [3.8, 4) is 22.9 Å². The zero-order valence-corrected chi connectivity index (χ0v) is 13.5. The molecule has 0 saturated carbocycles. The Morgan fingerprint density at radius 3 is 2.50 bits per heavy atom. The number of aryl methyl sites for hydroxylation is 1. The van der Waals surface area contributed by atoms with E-state index in [0.29, 0.717) is 23.5 Å². The molecule has 1 aromatic rings. The second kappa shape index (κ2) is 6.61. The van der Waals surface area contributed by atoms with Gasteiger partial charge in [-0.25, -0.2) is 14.5 Å². The molecule has 0 fully saturated rings. The average molecular weight is 327 g/mol. The second-order valence-electron chi connectivity index (χ2n) is 5.12. The molecular weight excluding hydrogens is 310 g/mol. The van der Waals surface area contributed by atoms with Crippen molar-refractivity contribution in [3.05, 3.63) is 51.2 Å². The van der Waals surface area contributed by atoms with Crippen LogP contribution in [0.2, 0.25) is 0 Å². The van der Waals surface area contributed by atoms with Gasteiger partial charge in [0.05, 0.1) is 0 Å². The molecule has 1 aromatic carbocycles. The van der Waals surface area contributed by atoms with Crippen molar-refractivity contribution in [2.75, 3.05) is 6.61 Å². The molecule has 0 radical (unpaired) electrons. The van der Waals surface area contributed by atoms with Gasteiger partial charge < -0.3 is 4.84 Å². The molecule has 8 nitrogen and oxygen atoms in total. The molecule has 0 unspecified atom stereocenters. The number of benzene rings is 1. The Kier molecular flexibility index (Phi) is 4.37. The van der Waals surface area contributed by atoms with E-state index in [1.54, 1.807) is 0 Å². The van der Waals surface area contributed by atoms with Crippen LogP contribution in [0.15, 0.2) is 39.9 Å². The largest absolute Gasteiger partial charge is 0.406 e. The molecule has 0 aliphatic carbocycles. The van der Waals surface area contributed by atoms with Crippen molar-refractivity contribution in [2.45, 2.75) is 26.8 Å². The van der Waals surface area contributed by atoms with Crippen LogP contribution < -0.4 is 16.1 Å². The van der Waals surface area contributed by atoms with Gasteiger partial charge in [0.15, 0.2) is 17.3 Å². The normalized spacial score (nSPS) is 10.9. The molecule has 0 atom stereocenters. The maximum absolute atomic E-state index is 12.6. The Labute approximate surface area is 137 Å². The van der Waals surface area contributed by atoms with E-state index in [9.17, 15) is 9.59 Å². The molecule has 3 rings (SSSR count). The quantitative estimate of drug-likeness (QED) is 0.689. The number of rotatable bonds is 5. The summed E-state index contributed by atoms with van der Waals surface area (Å²) in [6.07, 6.45) is 0.665. The van der Waals surface area contributed by atoms with Gasteiger partial charge in [0.25, 0.3) is 0 Å². The Balaban J connectivity index is 2.27. The van der Waals surface area contributed by atoms with E-state index in [-0.39, 0.29) is 18.1 Å². The highest BCUT2D eigenvalue weighted by molar-refractivity contribution is 5.59. The van der Waals surface area contributed by atoms with E-state index in [2.05, 4.69) is 15.1 Å². The van der Waals surface area contributed by atoms with Gasteiger partial charge in [-0.05, 0) is 13.3 Å². The average Bonchev–Trinajstić information content (AvgIpc) is 2.62. The first kappa shape index (κ1) is 15.9. The van der Waals surface area contributed by atoms with Gasteiger partial charge in [-0.15, -0.1) is 0 Å². The molecule has 8 heteroatoms. The molecule has 0 saturated heterocycles. The fourth-order valence-electron chi connectivity index (χ4n) is 2.26. The van der Waals surface area contributed by atoms with Crippen LogP contribution in [0, 0.1) is 0 Å². The SMILES string of the molecule is CCCOn1c(=O)nc2n(CC)nc(-c3ccccc3)nc-2c1=O. The highest BCUT2D eigenvalue weighted by Crippen LogP contribution is 2.18. The summed E-state index contributed by atoms with van der Waals surface area (Å²) >= 11 is 0. The molecule has 0 amide bonds. The van der Waals surface area contributed by atoms with Gasteiger partial charge >= 0.3 is 11.2 Å². The number of hydrogen-bond donors (Lipinski definition) is 0. The minimum Gasteiger partial charge on any atom is -0.406 e. The Morgan fingerprint density at radius 1 is 1.08 bits per heavy atom. The summed E-state index contributed by atoms with van der Waals surface area (Å²) in [5.41, 5.74) is -0.561. The monoisotopic (exact) mass is 327 g/mol. The molecular formula is C16H17N5O3. The van der Waals surface area contributed by atoms with Gasteiger partial charge in [-0.1, -0.05) is 42.0 Å². The molecule has 0 spiro atoms. The number of hydrogen-bond acceptors (Lipinski definition) is 6. The van der Waals surface area contributed by atoms with Crippen molar-refractivity contribution in [1.82, 2.24) is 24.5 Å². The molecule has 0 bridgehead atoms. The summed E-state index contributed by atoms with van der Waals surface area (Å²) in [5, 5.41) is 4.38. The smallest absolute Gasteiger partial charge is 0.386 e. The summed E-state index contributed by atoms with van der Waals surface area (Å²) in [6.45, 7) is 4.43. The number of aromatic nitrogens is 5. The zero-order chi connectivity index (χ0) is 17.1. The van der Waals surface area contributed by atoms with Crippen LogP contribution in [0.5, 0.6) is 0 Å². The van der Waals surface area contributed by atoms with Gasteiger partial charge in [0, 0.05) is 12.1 Å². The summed E-state index contributed by atoms with van der Waals surface area (Å²) in [5.74, 6) is 0.549. The highest BCUT2D eigenvalue weighted by atomic mass is 16.7. The summed E-state index contributed by atoms with van der Waals surface area (Å²) in [7, 11) is 0. The standard InChI is InChI=1S/C16H17N5O3/c1-3-10-24-21-15(22)12-14(18-16(21)23)20(4-2)19-13(17-12)11-8-6-5-7-9-11/h5-9H,3-4,10H2,1-2H3. The van der Waals surface area contributed by atoms with Crippen molar-refractivity contribution in [2.24, 2.45) is 0 Å². The molecule has 24 heavy (non-hydrogen) atoms. The third kappa shape index (κ3) is 2.78. The van der Waals surface area contributed by atoms with Crippen molar-refractivity contribution in [1.29, 1.82) is 0 Å². The predicted molar refractivity (Wildman–Crippen MR) is 87.8 cm³/mol. The van der Waals surface area contributed by atoms with Crippen molar-refractivity contribution >= 4 is 0 Å². The van der Waals surface area contributed by atoms with Crippen molar-refractivity contribution in [3.63, 3.8) is 0 Å². The molecule has 124 valence electrons. The van der Waals surface area contributed by atoms with E-state index in [0.717, 1.165) is 5.56 Å². The van der Waals surface area contributed by atoms with E-state index in [4.69, 9.17) is 4.84 Å². The lowest BCUT2D eigenvalue weighted by atomic mass is 10.2. The van der Waals surface area contributed by atoms with Crippen molar-refractivity contribution < 1.29 is 4.84 Å². The topological polar surface area (TPSA) is 91.9 Å². The maximum Gasteiger partial charge on any atom is 0.386 e. The van der Waals surface area contributed by atoms with Gasteiger partial charge in [0.1, 0.15) is 6.61 Å². The maximum atomic E-state index is 12.6. The second-order valence-corrected chi connectivity index (χ2v) is 5.12. The summed E-state index contributed by atoms with van der Waals surface area (Å²) in [4.78, 5) is 38.1. The molecule has 0 aromatic heterocycles. The Hall–Kier alpha value is -3.03. The van der Waals surface area contributed by atoms with Crippen LogP contribution in [0.3, 0.4) is 0 Å². The first-order chi connectivity index (χ1) is 11.7. The molecule has 2 aliphatic heterocycles. The van der Waals surface area contributed by atoms with Gasteiger partial charge in [-0.2, -0.15) is 10.1 Å². The van der Waals surface area contributed by atoms with E-state index >= 15 is 0 Å². The predicted octanol–water partition coefficient (Wildman–Crippen LogP) is 0.825. The lowest BCUT2D eigenvalue weighted by Crippen LogP contribution is -2.43. The summed E-state index contributed by atoms with van der Waals surface area (Å²) < 4.78 is 2.16. The molecule has 0 N–H and O–H groups in total. The number of nitrogens with zero attached hydrogens (tertiary/aromatic N) is 5. The van der Waals surface area contributed by atoms with E-state index in [1.165, 1.54) is 4.68 Å². The Morgan fingerprint density at radius 2 is 1.83 bits per heavy atom. The van der Waals surface area contributed by atoms with Crippen LogP contribution in [0.25, 0.3) is 22.9 Å². The first-order valence-corrected chi connectivity index (χ1v) is 7.76. The van der Waals surface area contributed by atoms with Crippen LogP contribution >= 0.6 is 0 Å². The zero-order valence-electron chi connectivity index (χ0n) is 13.5. The lowest BCUT2D eigenvalue weighted by molar-refractivity contribution is 0.0917. The van der Waals surface area contributed by atoms with E-state index in [1.807, 2.05) is 44.2 Å². The minimum absolute atomic E-state index is 0.0569. The van der Waals surface area contributed by atoms with Crippen LogP contribution in [-0.4, -0.2) is 31.1 Å². The molecule has 2 heterocycles. The first-order valence-electron chi connectivity index (χ1n) is 7.76. The van der Waals surface area contributed by atoms with Crippen LogP contribution in [0.4, 0.5) is 0 Å². The number of fused-ring (bicyclic) bond motifs is 1. The lowest BCUT2D eigenvalue weighted by Gasteiger charge is -2.14. The van der Waals surface area contributed by atoms with Crippen LogP contribution in [-0.2, 0) is 6.54 Å². The fourth-order valence-corrected chi connectivity index (χ4v) is 2.26. The highest BCUT2D eigenvalue weighted by Gasteiger charge is 2.22. The van der Waals surface area contributed by atoms with Gasteiger partial charge in [-0.3, -0.25) is 4.79 Å².